The number of nitro groups is 1. The van der Waals surface area contributed by atoms with Crippen molar-refractivity contribution in [3.05, 3.63) is 57.4 Å². The molecule has 0 saturated heterocycles. The Morgan fingerprint density at radius 3 is 3.00 bits per heavy atom. The first kappa shape index (κ1) is 13.9. The average Bonchev–Trinajstić information content (AvgIpc) is 3.24. The number of H-pyrrole nitrogens is 1. The quantitative estimate of drug-likeness (QED) is 0.499. The van der Waals surface area contributed by atoms with Crippen LogP contribution < -0.4 is 5.43 Å². The van der Waals surface area contributed by atoms with E-state index in [2.05, 4.69) is 20.7 Å². The van der Waals surface area contributed by atoms with Gasteiger partial charge in [-0.25, -0.2) is 5.43 Å². The number of carbonyl (C=O) groups excluding carboxylic acids is 1. The minimum atomic E-state index is -0.487. The van der Waals surface area contributed by atoms with E-state index in [0.29, 0.717) is 11.5 Å². The van der Waals surface area contributed by atoms with E-state index in [9.17, 15) is 14.9 Å². The van der Waals surface area contributed by atoms with E-state index in [4.69, 9.17) is 0 Å². The average molecular weight is 299 g/mol. The summed E-state index contributed by atoms with van der Waals surface area (Å²) in [6, 6.07) is 7.68. The lowest BCUT2D eigenvalue weighted by Gasteiger charge is -1.96. The highest BCUT2D eigenvalue weighted by atomic mass is 16.6. The fraction of sp³-hybridized carbons (Fsp3) is 0.214. The molecule has 1 heterocycles. The Morgan fingerprint density at radius 1 is 1.45 bits per heavy atom. The number of nitro benzene ring substituents is 1. The second-order valence-corrected chi connectivity index (χ2v) is 5.03. The van der Waals surface area contributed by atoms with Crippen molar-refractivity contribution >= 4 is 17.8 Å². The van der Waals surface area contributed by atoms with E-state index >= 15 is 0 Å². The first-order valence-corrected chi connectivity index (χ1v) is 6.76. The van der Waals surface area contributed by atoms with Crippen LogP contribution in [0.2, 0.25) is 0 Å². The van der Waals surface area contributed by atoms with Crippen molar-refractivity contribution in [2.24, 2.45) is 5.10 Å². The molecule has 1 aromatic carbocycles. The summed E-state index contributed by atoms with van der Waals surface area (Å²) in [6.45, 7) is 0. The maximum Gasteiger partial charge on any atom is 0.291 e. The molecule has 3 rings (SSSR count). The van der Waals surface area contributed by atoms with Crippen LogP contribution in [0.3, 0.4) is 0 Å². The Bertz CT molecular complexity index is 748. The Balaban J connectivity index is 1.62. The van der Waals surface area contributed by atoms with Crippen LogP contribution in [0.25, 0.3) is 0 Å². The van der Waals surface area contributed by atoms with Crippen molar-refractivity contribution in [2.45, 2.75) is 18.8 Å². The van der Waals surface area contributed by atoms with Crippen molar-refractivity contribution < 1.29 is 9.72 Å². The summed E-state index contributed by atoms with van der Waals surface area (Å²) >= 11 is 0. The molecule has 1 aromatic heterocycles. The van der Waals surface area contributed by atoms with Crippen LogP contribution in [0.4, 0.5) is 5.69 Å². The second-order valence-electron chi connectivity index (χ2n) is 5.03. The molecule has 0 atom stereocenters. The molecule has 1 fully saturated rings. The summed E-state index contributed by atoms with van der Waals surface area (Å²) in [5, 5.41) is 21.2. The predicted octanol–water partition coefficient (Wildman–Crippen LogP) is 1.96. The van der Waals surface area contributed by atoms with Gasteiger partial charge in [0.25, 0.3) is 11.6 Å². The third-order valence-electron chi connectivity index (χ3n) is 3.31. The second kappa shape index (κ2) is 5.76. The van der Waals surface area contributed by atoms with Gasteiger partial charge < -0.3 is 0 Å². The number of aromatic amines is 1. The number of nitrogens with zero attached hydrogens (tertiary/aromatic N) is 3. The molecule has 0 radical (unpaired) electrons. The predicted molar refractivity (Wildman–Crippen MR) is 78.7 cm³/mol. The molecule has 8 heteroatoms. The summed E-state index contributed by atoms with van der Waals surface area (Å²) in [5.74, 6) is 0.0623. The van der Waals surface area contributed by atoms with Crippen molar-refractivity contribution in [3.8, 4) is 0 Å². The van der Waals surface area contributed by atoms with Crippen molar-refractivity contribution in [2.75, 3.05) is 0 Å². The zero-order valence-electron chi connectivity index (χ0n) is 11.5. The van der Waals surface area contributed by atoms with Crippen molar-refractivity contribution in [1.82, 2.24) is 15.6 Å². The summed E-state index contributed by atoms with van der Waals surface area (Å²) in [6.07, 6.45) is 3.59. The van der Waals surface area contributed by atoms with E-state index in [-0.39, 0.29) is 11.4 Å². The van der Waals surface area contributed by atoms with Gasteiger partial charge in [0.1, 0.15) is 0 Å². The van der Waals surface area contributed by atoms with Gasteiger partial charge in [-0.05, 0) is 18.9 Å². The highest BCUT2D eigenvalue weighted by Crippen LogP contribution is 2.38. The third kappa shape index (κ3) is 3.17. The molecule has 8 nitrogen and oxygen atoms in total. The zero-order chi connectivity index (χ0) is 15.5. The fourth-order valence-electron chi connectivity index (χ4n) is 2.00. The normalized spacial score (nSPS) is 14.2. The van der Waals surface area contributed by atoms with E-state index in [0.717, 1.165) is 18.5 Å². The van der Waals surface area contributed by atoms with Gasteiger partial charge in [0, 0.05) is 29.3 Å². The SMILES string of the molecule is O=C(N/N=C\c1cccc([N+](=O)[O-])c1)c1cc(C2CC2)[nH]n1. The fourth-order valence-corrected chi connectivity index (χ4v) is 2.00. The van der Waals surface area contributed by atoms with E-state index < -0.39 is 10.8 Å². The molecule has 2 aromatic rings. The Hall–Kier alpha value is -3.03. The topological polar surface area (TPSA) is 113 Å². The Labute approximate surface area is 125 Å². The van der Waals surface area contributed by atoms with Crippen LogP contribution in [-0.2, 0) is 0 Å². The number of hydrogen-bond donors (Lipinski definition) is 2. The summed E-state index contributed by atoms with van der Waals surface area (Å²) < 4.78 is 0. The molecule has 112 valence electrons. The first-order valence-electron chi connectivity index (χ1n) is 6.76. The maximum atomic E-state index is 11.9. The van der Waals surface area contributed by atoms with Gasteiger partial charge in [-0.3, -0.25) is 20.0 Å². The van der Waals surface area contributed by atoms with Gasteiger partial charge >= 0.3 is 0 Å². The monoisotopic (exact) mass is 299 g/mol. The molecule has 1 aliphatic rings. The van der Waals surface area contributed by atoms with E-state index in [1.54, 1.807) is 18.2 Å². The number of carbonyl (C=O) groups is 1. The van der Waals surface area contributed by atoms with Crippen LogP contribution in [-0.4, -0.2) is 27.2 Å². The summed E-state index contributed by atoms with van der Waals surface area (Å²) in [7, 11) is 0. The number of hydrogen-bond acceptors (Lipinski definition) is 5. The Morgan fingerprint density at radius 2 is 2.27 bits per heavy atom. The molecule has 22 heavy (non-hydrogen) atoms. The molecule has 0 aliphatic heterocycles. The number of nitrogens with one attached hydrogen (secondary N) is 2. The number of rotatable bonds is 5. The van der Waals surface area contributed by atoms with Crippen LogP contribution >= 0.6 is 0 Å². The standard InChI is InChI=1S/C14H13N5O3/c20-14(13-7-12(16-17-13)10-4-5-10)18-15-8-9-2-1-3-11(6-9)19(21)22/h1-3,6-8,10H,4-5H2,(H,16,17)(H,18,20)/b15-8-. The van der Waals surface area contributed by atoms with Crippen molar-refractivity contribution in [3.63, 3.8) is 0 Å². The lowest BCUT2D eigenvalue weighted by molar-refractivity contribution is -0.384. The molecular weight excluding hydrogens is 286 g/mol. The lowest BCUT2D eigenvalue weighted by Crippen LogP contribution is -2.18. The van der Waals surface area contributed by atoms with Crippen LogP contribution in [0.5, 0.6) is 0 Å². The number of non-ortho nitro benzene ring substituents is 1. The minimum Gasteiger partial charge on any atom is -0.281 e. The zero-order valence-corrected chi connectivity index (χ0v) is 11.5. The van der Waals surface area contributed by atoms with Gasteiger partial charge in [-0.1, -0.05) is 12.1 Å². The first-order chi connectivity index (χ1) is 10.6. The van der Waals surface area contributed by atoms with Crippen molar-refractivity contribution in [1.29, 1.82) is 0 Å². The summed E-state index contributed by atoms with van der Waals surface area (Å²) in [4.78, 5) is 22.0. The van der Waals surface area contributed by atoms with Gasteiger partial charge in [-0.2, -0.15) is 10.2 Å². The molecule has 2 N–H and O–H groups in total. The maximum absolute atomic E-state index is 11.9. The largest absolute Gasteiger partial charge is 0.291 e. The van der Waals surface area contributed by atoms with Gasteiger partial charge in [0.2, 0.25) is 0 Å². The molecule has 1 aliphatic carbocycles. The van der Waals surface area contributed by atoms with Gasteiger partial charge in [0.15, 0.2) is 5.69 Å². The van der Waals surface area contributed by atoms with E-state index in [1.807, 2.05) is 0 Å². The van der Waals surface area contributed by atoms with Gasteiger partial charge in [-0.15, -0.1) is 0 Å². The Kier molecular flexibility index (Phi) is 3.65. The lowest BCUT2D eigenvalue weighted by atomic mass is 10.2. The van der Waals surface area contributed by atoms with Crippen LogP contribution in [0.15, 0.2) is 35.4 Å². The van der Waals surface area contributed by atoms with E-state index in [1.165, 1.54) is 18.3 Å². The molecular formula is C14H13N5O3. The van der Waals surface area contributed by atoms with Crippen LogP contribution in [0.1, 0.15) is 40.5 Å². The summed E-state index contributed by atoms with van der Waals surface area (Å²) in [5.41, 5.74) is 4.08. The number of amides is 1. The molecule has 1 saturated carbocycles. The van der Waals surface area contributed by atoms with Gasteiger partial charge in [0.05, 0.1) is 11.1 Å². The highest BCUT2D eigenvalue weighted by molar-refractivity contribution is 5.93. The van der Waals surface area contributed by atoms with Crippen LogP contribution in [0, 0.1) is 10.1 Å². The minimum absolute atomic E-state index is 0.0309. The number of benzene rings is 1. The smallest absolute Gasteiger partial charge is 0.281 e. The highest BCUT2D eigenvalue weighted by Gasteiger charge is 2.26. The number of aromatic nitrogens is 2. The molecule has 1 amide bonds. The molecule has 0 bridgehead atoms. The molecule has 0 unspecified atom stereocenters. The molecule has 0 spiro atoms. The number of hydrazone groups is 1. The third-order valence-corrected chi connectivity index (χ3v) is 3.31.